The van der Waals surface area contributed by atoms with Gasteiger partial charge in [-0.15, -0.1) is 0 Å². The second-order valence-electron chi connectivity index (χ2n) is 12.4. The first-order valence-corrected chi connectivity index (χ1v) is 18.0. The molecule has 7 rings (SSSR count). The van der Waals surface area contributed by atoms with Gasteiger partial charge in [0.05, 0.1) is 18.8 Å². The maximum absolute atomic E-state index is 12.8. The molecule has 0 radical (unpaired) electrons. The maximum Gasteiger partial charge on any atom is 0.319 e. The van der Waals surface area contributed by atoms with Crippen molar-refractivity contribution in [1.29, 1.82) is 0 Å². The van der Waals surface area contributed by atoms with Crippen molar-refractivity contribution in [1.82, 2.24) is 10.3 Å². The number of hydrogen-bond acceptors (Lipinski definition) is 7. The minimum Gasteiger partial charge on any atom is -0.431 e. The Morgan fingerprint density at radius 3 is 2.16 bits per heavy atom. The molecule has 0 aliphatic carbocycles. The first-order valence-electron chi connectivity index (χ1n) is 17.0. The summed E-state index contributed by atoms with van der Waals surface area (Å²) in [4.78, 5) is 17.7. The van der Waals surface area contributed by atoms with Crippen LogP contribution in [0.3, 0.4) is 0 Å². The first-order chi connectivity index (χ1) is 25.0. The van der Waals surface area contributed by atoms with E-state index in [0.717, 1.165) is 44.8 Å². The van der Waals surface area contributed by atoms with Crippen molar-refractivity contribution in [2.75, 3.05) is 11.1 Å². The van der Waals surface area contributed by atoms with Crippen molar-refractivity contribution in [2.45, 2.75) is 43.8 Å². The van der Waals surface area contributed by atoms with Gasteiger partial charge in [0.1, 0.15) is 5.69 Å². The van der Waals surface area contributed by atoms with E-state index >= 15 is 0 Å². The molecule has 51 heavy (non-hydrogen) atoms. The van der Waals surface area contributed by atoms with Crippen LogP contribution in [-0.4, -0.2) is 28.0 Å². The third kappa shape index (κ3) is 8.41. The molecule has 4 atom stereocenters. The normalized spacial score (nSPS) is 18.6. The second kappa shape index (κ2) is 16.2. The number of anilines is 1. The Bertz CT molecular complexity index is 1970. The largest absolute Gasteiger partial charge is 0.431 e. The summed E-state index contributed by atoms with van der Waals surface area (Å²) in [6.45, 7) is 2.51. The number of thioether (sulfide) groups is 1. The molecule has 0 saturated carbocycles. The van der Waals surface area contributed by atoms with Crippen LogP contribution in [0.5, 0.6) is 0 Å². The Labute approximate surface area is 301 Å². The zero-order valence-corrected chi connectivity index (χ0v) is 29.0. The van der Waals surface area contributed by atoms with Crippen LogP contribution in [0.25, 0.3) is 22.6 Å². The Balaban J connectivity index is 1.12. The predicted molar refractivity (Wildman–Crippen MR) is 200 cm³/mol. The summed E-state index contributed by atoms with van der Waals surface area (Å²) in [7, 11) is 0. The van der Waals surface area contributed by atoms with E-state index in [4.69, 9.17) is 18.9 Å². The van der Waals surface area contributed by atoms with E-state index in [-0.39, 0.29) is 30.8 Å². The van der Waals surface area contributed by atoms with Crippen molar-refractivity contribution in [2.24, 2.45) is 5.92 Å². The van der Waals surface area contributed by atoms with E-state index in [9.17, 15) is 9.90 Å². The number of nitrogens with one attached hydrogen (secondary N) is 2. The molecule has 1 aromatic heterocycles. The zero-order valence-electron chi connectivity index (χ0n) is 28.1. The molecule has 6 aromatic rings. The second-order valence-corrected chi connectivity index (χ2v) is 13.4. The summed E-state index contributed by atoms with van der Waals surface area (Å²) in [5.74, 6) is 1.26. The van der Waals surface area contributed by atoms with Crippen LogP contribution >= 0.6 is 11.8 Å². The molecule has 1 fully saturated rings. The van der Waals surface area contributed by atoms with Gasteiger partial charge in [-0.1, -0.05) is 146 Å². The molecule has 2 heterocycles. The van der Waals surface area contributed by atoms with Crippen LogP contribution in [-0.2, 0) is 22.6 Å². The zero-order chi connectivity index (χ0) is 35.0. The molecule has 0 bridgehead atoms. The Morgan fingerprint density at radius 2 is 1.45 bits per heavy atom. The van der Waals surface area contributed by atoms with Crippen molar-refractivity contribution in [3.05, 3.63) is 162 Å². The lowest BCUT2D eigenvalue weighted by molar-refractivity contribution is -0.268. The third-order valence-corrected chi connectivity index (χ3v) is 9.81. The molecule has 1 saturated heterocycles. The van der Waals surface area contributed by atoms with Crippen molar-refractivity contribution in [3.8, 4) is 22.6 Å². The van der Waals surface area contributed by atoms with E-state index < -0.39 is 6.29 Å². The fourth-order valence-corrected chi connectivity index (χ4v) is 7.11. The number of aromatic nitrogens is 1. The quantitative estimate of drug-likeness (QED) is 0.116. The first kappa shape index (κ1) is 34.3. The number of rotatable bonds is 11. The van der Waals surface area contributed by atoms with Gasteiger partial charge >= 0.3 is 6.03 Å². The van der Waals surface area contributed by atoms with Gasteiger partial charge in [0.2, 0.25) is 0 Å². The van der Waals surface area contributed by atoms with Gasteiger partial charge in [0.25, 0.3) is 5.22 Å². The smallest absolute Gasteiger partial charge is 0.319 e. The highest BCUT2D eigenvalue weighted by Crippen LogP contribution is 2.44. The van der Waals surface area contributed by atoms with Gasteiger partial charge in [0, 0.05) is 40.6 Å². The average molecular weight is 698 g/mol. The number of nitrogens with zero attached hydrogens (tertiary/aromatic N) is 1. The van der Waals surface area contributed by atoms with Crippen LogP contribution in [0.2, 0.25) is 0 Å². The van der Waals surface area contributed by atoms with Crippen LogP contribution < -0.4 is 10.6 Å². The number of aliphatic hydroxyl groups excluding tert-OH is 1. The monoisotopic (exact) mass is 697 g/mol. The van der Waals surface area contributed by atoms with E-state index in [0.29, 0.717) is 23.2 Å². The molecule has 2 amide bonds. The molecular weight excluding hydrogens is 659 g/mol. The Kier molecular flexibility index (Phi) is 10.9. The van der Waals surface area contributed by atoms with Gasteiger partial charge in [-0.05, 0) is 28.8 Å². The fraction of sp³-hybridized carbons (Fsp3) is 0.190. The molecule has 1 aliphatic rings. The molecule has 258 valence electrons. The fourth-order valence-electron chi connectivity index (χ4n) is 6.12. The lowest BCUT2D eigenvalue weighted by Crippen LogP contribution is -2.38. The van der Waals surface area contributed by atoms with E-state index in [2.05, 4.69) is 17.6 Å². The lowest BCUT2D eigenvalue weighted by atomic mass is 9.91. The van der Waals surface area contributed by atoms with Crippen LogP contribution in [0.15, 0.2) is 149 Å². The number of aliphatic hydroxyl groups is 1. The standard InChI is InChI=1S/C42H39N3O5S/c1-28-36(27-51-42-45-37(31-14-7-3-8-15-31)39(50-42)32-16-9-4-10-17-32)48-40(49-38(28)33-22-20-30(26-46)21-23-33)34-18-11-19-35(24-34)44-41(47)43-25-29-12-5-2-6-13-29/h2-24,28,36,38,40,46H,25-27H2,1H3,(H2,43,44,47)/t28-,36+,38+,40+/m1/s1. The number of urea groups is 1. The van der Waals surface area contributed by atoms with Crippen LogP contribution in [0.4, 0.5) is 10.5 Å². The molecule has 0 spiro atoms. The number of carbonyl (C=O) groups excluding carboxylic acids is 1. The number of amides is 2. The highest BCUT2D eigenvalue weighted by Gasteiger charge is 2.39. The molecule has 0 unspecified atom stereocenters. The minimum atomic E-state index is -0.701. The number of ether oxygens (including phenoxy) is 2. The summed E-state index contributed by atoms with van der Waals surface area (Å²) in [6.07, 6.45) is -1.24. The lowest BCUT2D eigenvalue weighted by Gasteiger charge is -2.41. The highest BCUT2D eigenvalue weighted by atomic mass is 32.2. The summed E-state index contributed by atoms with van der Waals surface area (Å²) >= 11 is 1.51. The molecule has 5 aromatic carbocycles. The summed E-state index contributed by atoms with van der Waals surface area (Å²) in [6, 6.07) is 44.9. The van der Waals surface area contributed by atoms with Crippen molar-refractivity contribution >= 4 is 23.5 Å². The van der Waals surface area contributed by atoms with E-state index in [1.807, 2.05) is 140 Å². The summed E-state index contributed by atoms with van der Waals surface area (Å²) in [5, 5.41) is 16.1. The molecule has 3 N–H and O–H groups in total. The highest BCUT2D eigenvalue weighted by molar-refractivity contribution is 7.99. The third-order valence-electron chi connectivity index (χ3n) is 8.90. The van der Waals surface area contributed by atoms with Gasteiger partial charge in [0.15, 0.2) is 12.1 Å². The molecular formula is C42H39N3O5S. The van der Waals surface area contributed by atoms with Crippen molar-refractivity contribution in [3.63, 3.8) is 0 Å². The number of hydrogen-bond donors (Lipinski definition) is 3. The average Bonchev–Trinajstić information content (AvgIpc) is 3.62. The summed E-state index contributed by atoms with van der Waals surface area (Å²) in [5.41, 5.74) is 6.98. The van der Waals surface area contributed by atoms with Gasteiger partial charge in [-0.2, -0.15) is 0 Å². The molecule has 1 aliphatic heterocycles. The van der Waals surface area contributed by atoms with Gasteiger partial charge in [-0.3, -0.25) is 0 Å². The summed E-state index contributed by atoms with van der Waals surface area (Å²) < 4.78 is 19.8. The number of carbonyl (C=O) groups is 1. The molecule has 9 heteroatoms. The Hall–Kier alpha value is -5.19. The van der Waals surface area contributed by atoms with Crippen LogP contribution in [0.1, 0.15) is 41.6 Å². The van der Waals surface area contributed by atoms with E-state index in [1.165, 1.54) is 11.8 Å². The SMILES string of the molecule is C[C@@H]1[C@H](CSc2nc(-c3ccccc3)c(-c3ccccc3)o2)O[C@H](c2cccc(NC(=O)NCc3ccccc3)c2)O[C@@H]1c1ccc(CO)cc1. The number of oxazole rings is 1. The van der Waals surface area contributed by atoms with Crippen molar-refractivity contribution < 1.29 is 23.8 Å². The van der Waals surface area contributed by atoms with E-state index in [1.54, 1.807) is 0 Å². The predicted octanol–water partition coefficient (Wildman–Crippen LogP) is 9.41. The topological polar surface area (TPSA) is 106 Å². The minimum absolute atomic E-state index is 0.0306. The van der Waals surface area contributed by atoms with Gasteiger partial charge in [-0.25, -0.2) is 9.78 Å². The molecule has 8 nitrogen and oxygen atoms in total. The maximum atomic E-state index is 12.8. The number of benzene rings is 5. The van der Waals surface area contributed by atoms with Crippen LogP contribution in [0, 0.1) is 5.92 Å². The van der Waals surface area contributed by atoms with Gasteiger partial charge < -0.3 is 29.6 Å². The Morgan fingerprint density at radius 1 is 0.765 bits per heavy atom.